The number of aryl methyl sites for hydroxylation is 1. The Kier molecular flexibility index (Phi) is 4.29. The number of ether oxygens (including phenoxy) is 2. The van der Waals surface area contributed by atoms with Crippen molar-refractivity contribution in [2.24, 2.45) is 0 Å². The molecule has 23 heavy (non-hydrogen) atoms. The zero-order valence-corrected chi connectivity index (χ0v) is 13.2. The number of methoxy groups -OCH3 is 1. The van der Waals surface area contributed by atoms with Gasteiger partial charge in [-0.25, -0.2) is 0 Å². The fourth-order valence-electron chi connectivity index (χ4n) is 2.39. The summed E-state index contributed by atoms with van der Waals surface area (Å²) in [6, 6.07) is 19.1. The number of benzene rings is 3. The number of fused-ring (bicyclic) bond motifs is 1. The van der Waals surface area contributed by atoms with Gasteiger partial charge in [0.2, 0.25) is 0 Å². The van der Waals surface area contributed by atoms with Gasteiger partial charge in [0.25, 0.3) is 0 Å². The molecule has 3 aromatic carbocycles. The molecule has 3 aromatic rings. The molecule has 0 saturated heterocycles. The number of hydrogen-bond donors (Lipinski definition) is 0. The van der Waals surface area contributed by atoms with Crippen molar-refractivity contribution in [3.8, 4) is 11.5 Å². The Morgan fingerprint density at radius 1 is 0.870 bits per heavy atom. The molecule has 3 nitrogen and oxygen atoms in total. The Morgan fingerprint density at radius 3 is 2.26 bits per heavy atom. The van der Waals surface area contributed by atoms with Gasteiger partial charge >= 0.3 is 0 Å². The molecule has 0 bridgehead atoms. The van der Waals surface area contributed by atoms with E-state index in [4.69, 9.17) is 9.47 Å². The summed E-state index contributed by atoms with van der Waals surface area (Å²) in [6.45, 7) is 2.05. The average Bonchev–Trinajstić information content (AvgIpc) is 2.60. The van der Waals surface area contributed by atoms with E-state index in [0.29, 0.717) is 11.3 Å². The molecule has 0 heterocycles. The number of ketones is 1. The maximum absolute atomic E-state index is 12.3. The molecule has 0 saturated carbocycles. The predicted molar refractivity (Wildman–Crippen MR) is 91.5 cm³/mol. The Balaban J connectivity index is 1.74. The minimum atomic E-state index is -0.0386. The van der Waals surface area contributed by atoms with Crippen molar-refractivity contribution in [3.05, 3.63) is 71.8 Å². The fourth-order valence-corrected chi connectivity index (χ4v) is 2.39. The van der Waals surface area contributed by atoms with Crippen molar-refractivity contribution in [2.45, 2.75) is 6.92 Å². The van der Waals surface area contributed by atoms with E-state index in [1.165, 1.54) is 0 Å². The molecule has 0 aliphatic rings. The highest BCUT2D eigenvalue weighted by Gasteiger charge is 2.08. The lowest BCUT2D eigenvalue weighted by Crippen LogP contribution is -2.11. The van der Waals surface area contributed by atoms with Crippen LogP contribution in [0.25, 0.3) is 10.8 Å². The molecule has 0 unspecified atom stereocenters. The van der Waals surface area contributed by atoms with Crippen LogP contribution in [0.5, 0.6) is 11.5 Å². The van der Waals surface area contributed by atoms with Gasteiger partial charge in [0, 0.05) is 5.56 Å². The third kappa shape index (κ3) is 3.51. The molecule has 0 aliphatic carbocycles. The second-order valence-electron chi connectivity index (χ2n) is 5.45. The predicted octanol–water partition coefficient (Wildman–Crippen LogP) is 4.42. The van der Waals surface area contributed by atoms with Crippen molar-refractivity contribution < 1.29 is 14.3 Å². The number of Topliss-reactive ketones (excluding diaryl/α,β-unsaturated/α-hetero) is 1. The third-order valence-electron chi connectivity index (χ3n) is 3.76. The minimum Gasteiger partial charge on any atom is -0.497 e. The number of rotatable bonds is 5. The first kappa shape index (κ1) is 15.1. The monoisotopic (exact) mass is 306 g/mol. The van der Waals surface area contributed by atoms with E-state index < -0.39 is 0 Å². The summed E-state index contributed by atoms with van der Waals surface area (Å²) in [5.41, 5.74) is 1.81. The first-order valence-corrected chi connectivity index (χ1v) is 7.46. The SMILES string of the molecule is COc1ccc2cc(C(=O)COc3ccc(C)cc3)ccc2c1. The van der Waals surface area contributed by atoms with Crippen molar-refractivity contribution in [1.29, 1.82) is 0 Å². The summed E-state index contributed by atoms with van der Waals surface area (Å²) < 4.78 is 10.8. The molecule has 116 valence electrons. The Bertz CT molecular complexity index is 835. The molecular formula is C20H18O3. The number of carbonyl (C=O) groups is 1. The van der Waals surface area contributed by atoms with E-state index in [9.17, 15) is 4.79 Å². The molecule has 0 aliphatic heterocycles. The van der Waals surface area contributed by atoms with E-state index in [0.717, 1.165) is 22.1 Å². The van der Waals surface area contributed by atoms with Gasteiger partial charge in [-0.15, -0.1) is 0 Å². The van der Waals surface area contributed by atoms with E-state index in [1.54, 1.807) is 7.11 Å². The van der Waals surface area contributed by atoms with Gasteiger partial charge < -0.3 is 9.47 Å². The van der Waals surface area contributed by atoms with E-state index in [2.05, 4.69) is 0 Å². The highest BCUT2D eigenvalue weighted by Crippen LogP contribution is 2.22. The van der Waals surface area contributed by atoms with Crippen LogP contribution < -0.4 is 9.47 Å². The summed E-state index contributed by atoms with van der Waals surface area (Å²) in [4.78, 5) is 12.3. The Hall–Kier alpha value is -2.81. The number of carbonyl (C=O) groups excluding carboxylic acids is 1. The van der Waals surface area contributed by atoms with Gasteiger partial charge in [-0.05, 0) is 48.0 Å². The molecule has 0 fully saturated rings. The molecule has 3 rings (SSSR count). The fraction of sp³-hybridized carbons (Fsp3) is 0.150. The minimum absolute atomic E-state index is 0.0325. The van der Waals surface area contributed by atoms with Crippen LogP contribution in [-0.2, 0) is 0 Å². The molecule has 0 atom stereocenters. The van der Waals surface area contributed by atoms with Crippen LogP contribution in [0.3, 0.4) is 0 Å². The standard InChI is InChI=1S/C20H18O3/c1-14-3-8-18(9-4-14)23-13-20(21)17-6-5-16-12-19(22-2)10-7-15(16)11-17/h3-12H,13H2,1-2H3. The zero-order valence-electron chi connectivity index (χ0n) is 13.2. The maximum atomic E-state index is 12.3. The van der Waals surface area contributed by atoms with Crippen LogP contribution in [0.15, 0.2) is 60.7 Å². The van der Waals surface area contributed by atoms with Gasteiger partial charge in [0.1, 0.15) is 11.5 Å². The molecule has 0 N–H and O–H groups in total. The summed E-state index contributed by atoms with van der Waals surface area (Å²) in [5, 5.41) is 2.05. The van der Waals surface area contributed by atoms with E-state index in [-0.39, 0.29) is 12.4 Å². The van der Waals surface area contributed by atoms with Crippen molar-refractivity contribution >= 4 is 16.6 Å². The van der Waals surface area contributed by atoms with E-state index in [1.807, 2.05) is 67.6 Å². The third-order valence-corrected chi connectivity index (χ3v) is 3.76. The second-order valence-corrected chi connectivity index (χ2v) is 5.45. The van der Waals surface area contributed by atoms with Gasteiger partial charge in [-0.3, -0.25) is 4.79 Å². The zero-order chi connectivity index (χ0) is 16.2. The lowest BCUT2D eigenvalue weighted by molar-refractivity contribution is 0.0921. The maximum Gasteiger partial charge on any atom is 0.200 e. The average molecular weight is 306 g/mol. The molecule has 0 radical (unpaired) electrons. The van der Waals surface area contributed by atoms with Crippen LogP contribution in [0.1, 0.15) is 15.9 Å². The van der Waals surface area contributed by atoms with Crippen molar-refractivity contribution in [3.63, 3.8) is 0 Å². The highest BCUT2D eigenvalue weighted by atomic mass is 16.5. The van der Waals surface area contributed by atoms with Crippen LogP contribution in [0, 0.1) is 6.92 Å². The van der Waals surface area contributed by atoms with Crippen LogP contribution in [-0.4, -0.2) is 19.5 Å². The first-order chi connectivity index (χ1) is 11.2. The van der Waals surface area contributed by atoms with Crippen LogP contribution >= 0.6 is 0 Å². The molecule has 0 amide bonds. The van der Waals surface area contributed by atoms with Crippen LogP contribution in [0.2, 0.25) is 0 Å². The summed E-state index contributed by atoms with van der Waals surface area (Å²) in [7, 11) is 1.64. The van der Waals surface area contributed by atoms with Gasteiger partial charge in [0.05, 0.1) is 7.11 Å². The molecule has 0 aromatic heterocycles. The molecular weight excluding hydrogens is 288 g/mol. The van der Waals surface area contributed by atoms with Gasteiger partial charge in [-0.2, -0.15) is 0 Å². The summed E-state index contributed by atoms with van der Waals surface area (Å²) >= 11 is 0. The Labute approximate surface area is 135 Å². The molecule has 0 spiro atoms. The quantitative estimate of drug-likeness (QED) is 0.655. The smallest absolute Gasteiger partial charge is 0.200 e. The lowest BCUT2D eigenvalue weighted by Gasteiger charge is -2.07. The van der Waals surface area contributed by atoms with Crippen molar-refractivity contribution in [1.82, 2.24) is 0 Å². The van der Waals surface area contributed by atoms with Crippen LogP contribution in [0.4, 0.5) is 0 Å². The van der Waals surface area contributed by atoms with Gasteiger partial charge in [-0.1, -0.05) is 35.9 Å². The topological polar surface area (TPSA) is 35.5 Å². The summed E-state index contributed by atoms with van der Waals surface area (Å²) in [5.74, 6) is 1.47. The van der Waals surface area contributed by atoms with Gasteiger partial charge in [0.15, 0.2) is 12.4 Å². The Morgan fingerprint density at radius 2 is 1.52 bits per heavy atom. The normalized spacial score (nSPS) is 10.5. The summed E-state index contributed by atoms with van der Waals surface area (Å²) in [6.07, 6.45) is 0. The number of hydrogen-bond acceptors (Lipinski definition) is 3. The largest absolute Gasteiger partial charge is 0.497 e. The lowest BCUT2D eigenvalue weighted by atomic mass is 10.0. The molecule has 3 heteroatoms. The van der Waals surface area contributed by atoms with E-state index >= 15 is 0 Å². The highest BCUT2D eigenvalue weighted by molar-refractivity contribution is 6.01. The second kappa shape index (κ2) is 6.53. The van der Waals surface area contributed by atoms with Crippen molar-refractivity contribution in [2.75, 3.05) is 13.7 Å². The first-order valence-electron chi connectivity index (χ1n) is 7.46.